The number of nitrogens with zero attached hydrogens (tertiary/aromatic N) is 2. The molecule has 1 aromatic heterocycles. The van der Waals surface area contributed by atoms with Crippen LogP contribution < -0.4 is 25.4 Å². The topological polar surface area (TPSA) is 132 Å². The van der Waals surface area contributed by atoms with Crippen molar-refractivity contribution in [1.29, 1.82) is 0 Å². The van der Waals surface area contributed by atoms with E-state index in [9.17, 15) is 14.4 Å². The highest BCUT2D eigenvalue weighted by atomic mass is 16.5. The second kappa shape index (κ2) is 14.0. The first kappa shape index (κ1) is 30.5. The third-order valence-corrected chi connectivity index (χ3v) is 8.09. The molecule has 12 nitrogen and oxygen atoms in total. The number of urea groups is 1. The van der Waals surface area contributed by atoms with Gasteiger partial charge in [0.05, 0.1) is 25.4 Å². The zero-order valence-corrected chi connectivity index (χ0v) is 25.3. The largest absolute Gasteiger partial charge is 0.491 e. The second-order valence-corrected chi connectivity index (χ2v) is 11.5. The van der Waals surface area contributed by atoms with Crippen molar-refractivity contribution in [2.75, 3.05) is 46.5 Å². The summed E-state index contributed by atoms with van der Waals surface area (Å²) in [5.74, 6) is 1.11. The van der Waals surface area contributed by atoms with Crippen LogP contribution in [0.2, 0.25) is 0 Å². The summed E-state index contributed by atoms with van der Waals surface area (Å²) in [7, 11) is 1.59. The van der Waals surface area contributed by atoms with Gasteiger partial charge in [-0.15, -0.1) is 0 Å². The lowest BCUT2D eigenvalue weighted by Gasteiger charge is -2.38. The summed E-state index contributed by atoms with van der Waals surface area (Å²) in [6, 6.07) is 16.0. The maximum absolute atomic E-state index is 13.6. The van der Waals surface area contributed by atoms with Gasteiger partial charge in [0.2, 0.25) is 0 Å². The number of carbonyl (C=O) groups excluding carboxylic acids is 3. The van der Waals surface area contributed by atoms with Crippen molar-refractivity contribution in [1.82, 2.24) is 25.4 Å². The maximum Gasteiger partial charge on any atom is 0.315 e. The van der Waals surface area contributed by atoms with E-state index in [2.05, 4.69) is 20.5 Å². The molecule has 4 amide bonds. The van der Waals surface area contributed by atoms with Gasteiger partial charge in [-0.1, -0.05) is 12.1 Å². The molecule has 6 rings (SSSR count). The fourth-order valence-corrected chi connectivity index (χ4v) is 5.64. The Balaban J connectivity index is 1.21. The molecule has 3 aliphatic rings. The van der Waals surface area contributed by atoms with E-state index in [1.165, 1.54) is 0 Å². The highest BCUT2D eigenvalue weighted by Crippen LogP contribution is 2.36. The van der Waals surface area contributed by atoms with Gasteiger partial charge in [0.25, 0.3) is 11.8 Å². The number of fused-ring (bicyclic) bond motifs is 5. The van der Waals surface area contributed by atoms with Crippen LogP contribution in [0, 0.1) is 0 Å². The number of rotatable bonds is 6. The first-order valence-corrected chi connectivity index (χ1v) is 15.4. The smallest absolute Gasteiger partial charge is 0.315 e. The zero-order valence-electron chi connectivity index (χ0n) is 25.3. The first-order valence-electron chi connectivity index (χ1n) is 15.4. The Kier molecular flexibility index (Phi) is 9.51. The molecule has 45 heavy (non-hydrogen) atoms. The normalized spacial score (nSPS) is 20.8. The van der Waals surface area contributed by atoms with Crippen molar-refractivity contribution in [2.24, 2.45) is 0 Å². The van der Waals surface area contributed by atoms with Crippen LogP contribution in [0.15, 0.2) is 60.8 Å². The van der Waals surface area contributed by atoms with Gasteiger partial charge < -0.3 is 44.4 Å². The summed E-state index contributed by atoms with van der Waals surface area (Å²) in [6.45, 7) is 2.22. The van der Waals surface area contributed by atoms with E-state index in [1.807, 2.05) is 47.5 Å². The highest BCUT2D eigenvalue weighted by molar-refractivity contribution is 5.95. The minimum absolute atomic E-state index is 0.0307. The van der Waals surface area contributed by atoms with Crippen molar-refractivity contribution in [3.63, 3.8) is 0 Å². The predicted molar refractivity (Wildman–Crippen MR) is 165 cm³/mol. The van der Waals surface area contributed by atoms with Crippen molar-refractivity contribution in [3.8, 4) is 17.2 Å². The molecule has 1 saturated heterocycles. The van der Waals surface area contributed by atoms with Crippen LogP contribution in [0.25, 0.3) is 0 Å². The Hall–Kier alpha value is -4.55. The van der Waals surface area contributed by atoms with E-state index in [4.69, 9.17) is 18.9 Å². The summed E-state index contributed by atoms with van der Waals surface area (Å²) in [5, 5.41) is 8.68. The number of hydrogen-bond acceptors (Lipinski definition) is 7. The number of likely N-dealkylation sites (tertiary alicyclic amines) is 1. The number of aromatic nitrogens is 1. The van der Waals surface area contributed by atoms with Gasteiger partial charge in [0.1, 0.15) is 29.5 Å². The second-order valence-electron chi connectivity index (χ2n) is 11.5. The lowest BCUT2D eigenvalue weighted by molar-refractivity contribution is -0.0237. The average molecular weight is 618 g/mol. The SMILES string of the molecule is COCCOc1cc2cc(c1)C(=O)NCCNC(=O)N[C@H]1CCN(C(=O)c3cccn3C3CC3)C[C@@H]1OCc1cccc(c1)O2. The van der Waals surface area contributed by atoms with Crippen molar-refractivity contribution in [3.05, 3.63) is 77.6 Å². The molecule has 4 bridgehead atoms. The molecular formula is C33H39N5O7. The molecule has 1 saturated carbocycles. The van der Waals surface area contributed by atoms with Gasteiger partial charge >= 0.3 is 6.03 Å². The molecule has 0 unspecified atom stereocenters. The third-order valence-electron chi connectivity index (χ3n) is 8.09. The third kappa shape index (κ3) is 7.76. The molecule has 2 fully saturated rings. The number of carbonyl (C=O) groups is 3. The monoisotopic (exact) mass is 617 g/mol. The quantitative estimate of drug-likeness (QED) is 0.361. The van der Waals surface area contributed by atoms with Gasteiger partial charge in [0, 0.05) is 57.2 Å². The molecule has 1 aliphatic carbocycles. The molecule has 3 N–H and O–H groups in total. The Labute approximate surface area is 261 Å². The van der Waals surface area contributed by atoms with Crippen LogP contribution in [0.3, 0.4) is 0 Å². The molecule has 3 heterocycles. The van der Waals surface area contributed by atoms with Crippen LogP contribution >= 0.6 is 0 Å². The Morgan fingerprint density at radius 2 is 1.84 bits per heavy atom. The fourth-order valence-electron chi connectivity index (χ4n) is 5.64. The van der Waals surface area contributed by atoms with E-state index in [-0.39, 0.29) is 43.6 Å². The molecule has 0 radical (unpaired) electrons. The minimum Gasteiger partial charge on any atom is -0.491 e. The van der Waals surface area contributed by atoms with Gasteiger partial charge in [-0.05, 0) is 61.2 Å². The number of hydrogen-bond donors (Lipinski definition) is 3. The maximum atomic E-state index is 13.6. The molecule has 2 aromatic carbocycles. The van der Waals surface area contributed by atoms with E-state index < -0.39 is 6.10 Å². The summed E-state index contributed by atoms with van der Waals surface area (Å²) in [6.07, 6.45) is 4.24. The fraction of sp³-hybridized carbons (Fsp3) is 0.424. The van der Waals surface area contributed by atoms with Crippen LogP contribution in [-0.2, 0) is 16.1 Å². The van der Waals surface area contributed by atoms with Crippen LogP contribution in [0.4, 0.5) is 4.79 Å². The number of nitrogens with one attached hydrogen (secondary N) is 3. The molecule has 238 valence electrons. The van der Waals surface area contributed by atoms with E-state index in [0.717, 1.165) is 18.4 Å². The molecule has 0 spiro atoms. The predicted octanol–water partition coefficient (Wildman–Crippen LogP) is 3.48. The lowest BCUT2D eigenvalue weighted by Crippen LogP contribution is -2.58. The van der Waals surface area contributed by atoms with Gasteiger partial charge in [-0.2, -0.15) is 0 Å². The van der Waals surface area contributed by atoms with Crippen molar-refractivity contribution >= 4 is 17.8 Å². The van der Waals surface area contributed by atoms with Gasteiger partial charge in [0.15, 0.2) is 0 Å². The van der Waals surface area contributed by atoms with E-state index in [1.54, 1.807) is 25.3 Å². The molecule has 12 heteroatoms. The summed E-state index contributed by atoms with van der Waals surface area (Å²) >= 11 is 0. The standard InChI is InChI=1S/C33H39N5O7/c1-42-14-15-43-26-17-23-18-27(19-26)45-25-5-2-4-22(16-25)21-44-30-20-37(32(40)29-6-3-12-38(29)24-7-8-24)13-9-28(30)36-33(41)35-11-10-34-31(23)39/h2-6,12,16-19,24,28,30H,7-11,13-15,20-21H2,1H3,(H,34,39)(H2,35,36,41)/t28-,30-/m0/s1. The van der Waals surface area contributed by atoms with Crippen LogP contribution in [0.5, 0.6) is 17.2 Å². The summed E-state index contributed by atoms with van der Waals surface area (Å²) in [5.41, 5.74) is 1.90. The van der Waals surface area contributed by atoms with Crippen LogP contribution in [-0.4, -0.2) is 86.0 Å². The molecule has 2 aliphatic heterocycles. The number of ether oxygens (including phenoxy) is 4. The first-order chi connectivity index (χ1) is 22.0. The molecule has 3 aromatic rings. The Bertz CT molecular complexity index is 1520. The number of methoxy groups -OCH3 is 1. The molecule has 2 atom stereocenters. The van der Waals surface area contributed by atoms with Gasteiger partial charge in [-0.3, -0.25) is 9.59 Å². The average Bonchev–Trinajstić information content (AvgIpc) is 3.77. The summed E-state index contributed by atoms with van der Waals surface area (Å²) < 4.78 is 25.5. The minimum atomic E-state index is -0.440. The summed E-state index contributed by atoms with van der Waals surface area (Å²) in [4.78, 5) is 41.3. The zero-order chi connectivity index (χ0) is 31.2. The van der Waals surface area contributed by atoms with Crippen LogP contribution in [0.1, 0.15) is 51.7 Å². The number of amides is 4. The van der Waals surface area contributed by atoms with E-state index >= 15 is 0 Å². The van der Waals surface area contributed by atoms with E-state index in [0.29, 0.717) is 67.3 Å². The molecular weight excluding hydrogens is 578 g/mol. The van der Waals surface area contributed by atoms with Crippen molar-refractivity contribution in [2.45, 2.75) is 44.1 Å². The number of piperidine rings is 1. The van der Waals surface area contributed by atoms with Crippen molar-refractivity contribution < 1.29 is 33.3 Å². The van der Waals surface area contributed by atoms with Gasteiger partial charge in [-0.25, -0.2) is 4.79 Å². The Morgan fingerprint density at radius 3 is 2.69 bits per heavy atom. The highest BCUT2D eigenvalue weighted by Gasteiger charge is 2.35. The lowest BCUT2D eigenvalue weighted by atomic mass is 10.0. The Morgan fingerprint density at radius 1 is 0.978 bits per heavy atom. The number of benzene rings is 2.